The fraction of sp³-hybridized carbons (Fsp3) is 0.164. The predicted molar refractivity (Wildman–Crippen MR) is 245 cm³/mol. The molecule has 3 aliphatic rings. The van der Waals surface area contributed by atoms with E-state index in [1.54, 1.807) is 0 Å². The van der Waals surface area contributed by atoms with Crippen LogP contribution in [0.3, 0.4) is 0 Å². The Morgan fingerprint density at radius 2 is 0.847 bits per heavy atom. The molecule has 12 rings (SSSR count). The minimum atomic E-state index is -0.157. The van der Waals surface area contributed by atoms with Gasteiger partial charge in [-0.05, 0) is 127 Å². The second kappa shape index (κ2) is 12.1. The third kappa shape index (κ3) is 4.66. The van der Waals surface area contributed by atoms with E-state index in [4.69, 9.17) is 9.47 Å². The Morgan fingerprint density at radius 3 is 1.37 bits per heavy atom. The van der Waals surface area contributed by atoms with Crippen molar-refractivity contribution in [1.82, 2.24) is 0 Å². The van der Waals surface area contributed by atoms with E-state index in [2.05, 4.69) is 197 Å². The van der Waals surface area contributed by atoms with Gasteiger partial charge in [-0.15, -0.1) is 0 Å². The van der Waals surface area contributed by atoms with Crippen molar-refractivity contribution in [3.8, 4) is 34.1 Å². The molecule has 1 aliphatic carbocycles. The predicted octanol–water partition coefficient (Wildman–Crippen LogP) is 16.3. The number of benzene rings is 9. The fourth-order valence-corrected chi connectivity index (χ4v) is 10.5. The molecule has 0 atom stereocenters. The zero-order valence-corrected chi connectivity index (χ0v) is 34.2. The highest BCUT2D eigenvalue weighted by Crippen LogP contribution is 2.60. The minimum Gasteiger partial charge on any atom is -0.453 e. The largest absolute Gasteiger partial charge is 0.453 e. The lowest BCUT2D eigenvalue weighted by molar-refractivity contribution is 0.476. The van der Waals surface area contributed by atoms with Crippen molar-refractivity contribution in [2.75, 3.05) is 9.80 Å². The Balaban J connectivity index is 1.19. The first kappa shape index (κ1) is 34.3. The quantitative estimate of drug-likeness (QED) is 0.167. The maximum Gasteiger partial charge on any atom is 0.152 e. The first-order valence-electron chi connectivity index (χ1n) is 21.0. The van der Waals surface area contributed by atoms with Gasteiger partial charge < -0.3 is 19.3 Å². The number of nitrogens with zero attached hydrogens (tertiary/aromatic N) is 2. The normalized spacial score (nSPS) is 14.6. The first-order chi connectivity index (χ1) is 28.7. The van der Waals surface area contributed by atoms with E-state index in [-0.39, 0.29) is 17.3 Å². The highest BCUT2D eigenvalue weighted by atomic mass is 16.5. The number of rotatable bonds is 4. The summed E-state index contributed by atoms with van der Waals surface area (Å²) >= 11 is 0. The molecule has 0 N–H and O–H groups in total. The van der Waals surface area contributed by atoms with Crippen molar-refractivity contribution >= 4 is 66.4 Å². The summed E-state index contributed by atoms with van der Waals surface area (Å²) in [5.41, 5.74) is 14.3. The van der Waals surface area contributed by atoms with Gasteiger partial charge in [0.05, 0.1) is 34.1 Å². The lowest BCUT2D eigenvalue weighted by Crippen LogP contribution is -2.19. The molecule has 0 amide bonds. The van der Waals surface area contributed by atoms with Crippen LogP contribution in [0.15, 0.2) is 146 Å². The summed E-state index contributed by atoms with van der Waals surface area (Å²) < 4.78 is 13.4. The summed E-state index contributed by atoms with van der Waals surface area (Å²) in [6, 6.07) is 53.3. The van der Waals surface area contributed by atoms with Crippen molar-refractivity contribution in [2.24, 2.45) is 0 Å². The van der Waals surface area contributed by atoms with Crippen molar-refractivity contribution in [2.45, 2.75) is 58.8 Å². The van der Waals surface area contributed by atoms with Gasteiger partial charge in [0.25, 0.3) is 0 Å². The summed E-state index contributed by atoms with van der Waals surface area (Å²) in [5.74, 6) is 4.00. The smallest absolute Gasteiger partial charge is 0.152 e. The molecule has 0 radical (unpaired) electrons. The molecule has 9 aromatic carbocycles. The molecule has 0 saturated carbocycles. The third-order valence-electron chi connectivity index (χ3n) is 13.3. The first-order valence-corrected chi connectivity index (χ1v) is 21.0. The Labute approximate surface area is 345 Å². The zero-order chi connectivity index (χ0) is 39.9. The van der Waals surface area contributed by atoms with Crippen molar-refractivity contribution in [3.63, 3.8) is 0 Å². The molecule has 9 aromatic rings. The Bertz CT molecular complexity index is 3180. The van der Waals surface area contributed by atoms with Crippen LogP contribution < -0.4 is 19.3 Å². The van der Waals surface area contributed by atoms with Gasteiger partial charge in [-0.25, -0.2) is 0 Å². The number of hydrogen-bond acceptors (Lipinski definition) is 4. The monoisotopic (exact) mass is 764 g/mol. The molecule has 2 heterocycles. The van der Waals surface area contributed by atoms with Crippen molar-refractivity contribution in [3.05, 3.63) is 168 Å². The van der Waals surface area contributed by atoms with Gasteiger partial charge in [0.1, 0.15) is 0 Å². The van der Waals surface area contributed by atoms with E-state index >= 15 is 0 Å². The van der Waals surface area contributed by atoms with E-state index in [9.17, 15) is 0 Å². The standard InChI is InChI=1S/C55H44N2O2/c1-31(2)36-27-34-24-26-45(57-43-19-11-14-22-49(43)59-50-29-38-35-15-7-8-16-39(35)55(5,6)40(38)30-46(50)57)54-37(32(3)4)28-33-23-25-44(53(36)51(33)52(34)54)56-41-17-9-12-20-47(41)58-48-21-13-10-18-42(48)56/h7-32H,1-6H3. The molecule has 286 valence electrons. The zero-order valence-electron chi connectivity index (χ0n) is 34.2. The van der Waals surface area contributed by atoms with Crippen LogP contribution in [-0.2, 0) is 5.41 Å². The van der Waals surface area contributed by atoms with Crippen LogP contribution in [-0.4, -0.2) is 0 Å². The summed E-state index contributed by atoms with van der Waals surface area (Å²) in [5, 5.41) is 7.71. The molecule has 2 aliphatic heterocycles. The lowest BCUT2D eigenvalue weighted by atomic mass is 9.81. The van der Waals surface area contributed by atoms with Crippen LogP contribution in [0.25, 0.3) is 43.4 Å². The molecule has 0 spiro atoms. The van der Waals surface area contributed by atoms with Gasteiger partial charge in [-0.1, -0.05) is 126 Å². The van der Waals surface area contributed by atoms with E-state index in [1.165, 1.54) is 71.4 Å². The third-order valence-corrected chi connectivity index (χ3v) is 13.3. The highest BCUT2D eigenvalue weighted by Gasteiger charge is 2.39. The van der Waals surface area contributed by atoms with E-state index in [0.717, 1.165) is 51.4 Å². The number of fused-ring (bicyclic) bond motifs is 7. The van der Waals surface area contributed by atoms with Gasteiger partial charge in [0.15, 0.2) is 23.0 Å². The summed E-state index contributed by atoms with van der Waals surface area (Å²) in [6.07, 6.45) is 0. The SMILES string of the molecule is CC(C)c1cc2ccc(N3c4ccccc4Oc4cc5c(cc43)C(C)(C)c3ccccc3-5)c3c(C(C)C)cc4ccc(N5c6ccccc6Oc6ccccc65)c1c4c23. The molecule has 0 saturated heterocycles. The van der Waals surface area contributed by atoms with Crippen LogP contribution in [0, 0.1) is 0 Å². The fourth-order valence-electron chi connectivity index (χ4n) is 10.5. The Kier molecular flexibility index (Phi) is 7.04. The minimum absolute atomic E-state index is 0.157. The van der Waals surface area contributed by atoms with Gasteiger partial charge >= 0.3 is 0 Å². The molecule has 0 fully saturated rings. The van der Waals surface area contributed by atoms with Crippen LogP contribution >= 0.6 is 0 Å². The average Bonchev–Trinajstić information content (AvgIpc) is 3.47. The molecule has 59 heavy (non-hydrogen) atoms. The number of ether oxygens (including phenoxy) is 2. The van der Waals surface area contributed by atoms with Gasteiger partial charge in [0, 0.05) is 16.2 Å². The van der Waals surface area contributed by atoms with Crippen LogP contribution in [0.4, 0.5) is 34.1 Å². The maximum atomic E-state index is 6.87. The van der Waals surface area contributed by atoms with E-state index in [1.807, 2.05) is 0 Å². The van der Waals surface area contributed by atoms with Crippen molar-refractivity contribution in [1.29, 1.82) is 0 Å². The van der Waals surface area contributed by atoms with Gasteiger partial charge in [0.2, 0.25) is 0 Å². The Morgan fingerprint density at radius 1 is 0.390 bits per heavy atom. The molecule has 0 aromatic heterocycles. The average molecular weight is 765 g/mol. The lowest BCUT2D eigenvalue weighted by Gasteiger charge is -2.36. The maximum absolute atomic E-state index is 6.87. The molecular formula is C55H44N2O2. The summed E-state index contributed by atoms with van der Waals surface area (Å²) in [6.45, 7) is 14.0. The summed E-state index contributed by atoms with van der Waals surface area (Å²) in [7, 11) is 0. The van der Waals surface area contributed by atoms with Gasteiger partial charge in [-0.3, -0.25) is 0 Å². The molecule has 4 nitrogen and oxygen atoms in total. The number of para-hydroxylation sites is 6. The second-order valence-corrected chi connectivity index (χ2v) is 17.7. The van der Waals surface area contributed by atoms with Crippen LogP contribution in [0.1, 0.15) is 75.6 Å². The molecular weight excluding hydrogens is 721 g/mol. The Hall–Kier alpha value is -6.78. The topological polar surface area (TPSA) is 24.9 Å². The molecule has 4 heteroatoms. The second-order valence-electron chi connectivity index (χ2n) is 17.7. The molecule has 0 bridgehead atoms. The summed E-state index contributed by atoms with van der Waals surface area (Å²) in [4.78, 5) is 4.91. The van der Waals surface area contributed by atoms with E-state index in [0.29, 0.717) is 0 Å². The van der Waals surface area contributed by atoms with Crippen molar-refractivity contribution < 1.29 is 9.47 Å². The van der Waals surface area contributed by atoms with Crippen LogP contribution in [0.5, 0.6) is 23.0 Å². The number of anilines is 6. The molecule has 0 unspecified atom stereocenters. The number of hydrogen-bond donors (Lipinski definition) is 0. The highest BCUT2D eigenvalue weighted by molar-refractivity contribution is 6.30. The van der Waals surface area contributed by atoms with Gasteiger partial charge in [-0.2, -0.15) is 0 Å². The van der Waals surface area contributed by atoms with Crippen LogP contribution in [0.2, 0.25) is 0 Å². The van der Waals surface area contributed by atoms with E-state index < -0.39 is 0 Å².